The number of methoxy groups -OCH3 is 1. The molecular weight excluding hydrogens is 320 g/mol. The van der Waals surface area contributed by atoms with Crippen LogP contribution in [-0.4, -0.2) is 59.0 Å². The second-order valence-electron chi connectivity index (χ2n) is 6.11. The van der Waals surface area contributed by atoms with Crippen LogP contribution in [0.3, 0.4) is 0 Å². The molecule has 0 saturated carbocycles. The Morgan fingerprint density at radius 2 is 2.08 bits per heavy atom. The highest BCUT2D eigenvalue weighted by Gasteiger charge is 2.30. The molecule has 0 spiro atoms. The zero-order chi connectivity index (χ0) is 17.8. The van der Waals surface area contributed by atoms with Crippen molar-refractivity contribution in [1.82, 2.24) is 19.4 Å². The molecule has 1 aromatic carbocycles. The van der Waals surface area contributed by atoms with E-state index in [1.54, 1.807) is 24.3 Å². The Hall–Kier alpha value is -2.67. The molecule has 3 rings (SSSR count). The summed E-state index contributed by atoms with van der Waals surface area (Å²) in [5.74, 6) is 0.736. The molecule has 132 valence electrons. The minimum Gasteiger partial charge on any atom is -0.496 e. The van der Waals surface area contributed by atoms with E-state index < -0.39 is 5.69 Å². The summed E-state index contributed by atoms with van der Waals surface area (Å²) in [7, 11) is 3.70. The van der Waals surface area contributed by atoms with Crippen LogP contribution in [0.15, 0.2) is 47.5 Å². The average molecular weight is 342 g/mol. The quantitative estimate of drug-likeness (QED) is 0.821. The summed E-state index contributed by atoms with van der Waals surface area (Å²) in [6.07, 6.45) is 3.01. The molecule has 7 heteroatoms. The fourth-order valence-electron chi connectivity index (χ4n) is 3.13. The summed E-state index contributed by atoms with van der Waals surface area (Å²) in [6, 6.07) is 9.57. The molecular formula is C18H22N4O3. The molecule has 2 aromatic rings. The van der Waals surface area contributed by atoms with Gasteiger partial charge >= 0.3 is 5.69 Å². The van der Waals surface area contributed by atoms with Crippen molar-refractivity contribution in [3.05, 3.63) is 58.8 Å². The first-order chi connectivity index (χ1) is 12.1. The number of piperazine rings is 1. The zero-order valence-corrected chi connectivity index (χ0v) is 14.5. The van der Waals surface area contributed by atoms with E-state index in [0.717, 1.165) is 17.9 Å². The van der Waals surface area contributed by atoms with E-state index in [0.29, 0.717) is 13.1 Å². The fourth-order valence-corrected chi connectivity index (χ4v) is 3.13. The van der Waals surface area contributed by atoms with Crippen LogP contribution in [0.4, 0.5) is 0 Å². The molecule has 0 N–H and O–H groups in total. The van der Waals surface area contributed by atoms with E-state index in [1.807, 2.05) is 31.3 Å². The molecule has 25 heavy (non-hydrogen) atoms. The second kappa shape index (κ2) is 7.48. The minimum absolute atomic E-state index is 0.00896. The van der Waals surface area contributed by atoms with Gasteiger partial charge in [0, 0.05) is 37.6 Å². The van der Waals surface area contributed by atoms with Gasteiger partial charge in [0.15, 0.2) is 0 Å². The minimum atomic E-state index is -0.411. The van der Waals surface area contributed by atoms with Gasteiger partial charge in [-0.2, -0.15) is 0 Å². The number of likely N-dealkylation sites (N-methyl/N-ethyl adjacent to an activating group) is 1. The number of rotatable bonds is 4. The van der Waals surface area contributed by atoms with Crippen molar-refractivity contribution >= 4 is 5.91 Å². The molecule has 1 aromatic heterocycles. The molecule has 0 unspecified atom stereocenters. The summed E-state index contributed by atoms with van der Waals surface area (Å²) in [5.41, 5.74) is 0.648. The number of para-hydroxylation sites is 1. The zero-order valence-electron chi connectivity index (χ0n) is 14.5. The third-order valence-electron chi connectivity index (χ3n) is 4.59. The number of hydrogen-bond donors (Lipinski definition) is 0. The number of carbonyl (C=O) groups excluding carboxylic acids is 1. The Morgan fingerprint density at radius 1 is 1.28 bits per heavy atom. The standard InChI is InChI=1S/C18H22N4O3/c1-20-10-11-21(17(23)13-22-9-5-8-19-18(22)24)12-15(20)14-6-3-4-7-16(14)25-2/h3-9,15H,10-13H2,1-2H3/t15-/m1/s1. The molecule has 1 aliphatic rings. The highest BCUT2D eigenvalue weighted by molar-refractivity contribution is 5.76. The van der Waals surface area contributed by atoms with Crippen LogP contribution in [0.5, 0.6) is 5.75 Å². The summed E-state index contributed by atoms with van der Waals surface area (Å²) < 4.78 is 6.80. The Kier molecular flexibility index (Phi) is 5.14. The molecule has 1 atom stereocenters. The number of nitrogens with zero attached hydrogens (tertiary/aromatic N) is 4. The van der Waals surface area contributed by atoms with Gasteiger partial charge in [0.25, 0.3) is 0 Å². The van der Waals surface area contributed by atoms with Crippen LogP contribution in [0.1, 0.15) is 11.6 Å². The number of benzene rings is 1. The molecule has 1 aliphatic heterocycles. The number of hydrogen-bond acceptors (Lipinski definition) is 5. The van der Waals surface area contributed by atoms with E-state index in [1.165, 1.54) is 10.8 Å². The van der Waals surface area contributed by atoms with Gasteiger partial charge in [-0.3, -0.25) is 14.3 Å². The lowest BCUT2D eigenvalue weighted by Crippen LogP contribution is -2.50. The van der Waals surface area contributed by atoms with Crippen molar-refractivity contribution in [3.8, 4) is 5.75 Å². The Bertz CT molecular complexity index is 805. The van der Waals surface area contributed by atoms with Gasteiger partial charge in [0.1, 0.15) is 12.3 Å². The lowest BCUT2D eigenvalue weighted by molar-refractivity contribution is -0.134. The predicted molar refractivity (Wildman–Crippen MR) is 93.4 cm³/mol. The summed E-state index contributed by atoms with van der Waals surface area (Å²) in [5, 5.41) is 0. The van der Waals surface area contributed by atoms with E-state index in [4.69, 9.17) is 4.74 Å². The van der Waals surface area contributed by atoms with E-state index >= 15 is 0 Å². The fraction of sp³-hybridized carbons (Fsp3) is 0.389. The predicted octanol–water partition coefficient (Wildman–Crippen LogP) is 0.767. The van der Waals surface area contributed by atoms with Gasteiger partial charge in [-0.25, -0.2) is 9.78 Å². The van der Waals surface area contributed by atoms with Crippen molar-refractivity contribution in [3.63, 3.8) is 0 Å². The Morgan fingerprint density at radius 3 is 2.84 bits per heavy atom. The Labute approximate surface area is 146 Å². The topological polar surface area (TPSA) is 67.7 Å². The van der Waals surface area contributed by atoms with Crippen LogP contribution in [-0.2, 0) is 11.3 Å². The summed E-state index contributed by atoms with van der Waals surface area (Å²) in [4.78, 5) is 32.1. The number of aromatic nitrogens is 2. The first-order valence-corrected chi connectivity index (χ1v) is 8.22. The Balaban J connectivity index is 1.77. The lowest BCUT2D eigenvalue weighted by Gasteiger charge is -2.40. The van der Waals surface area contributed by atoms with Crippen molar-refractivity contribution in [2.75, 3.05) is 33.8 Å². The molecule has 2 heterocycles. The third kappa shape index (κ3) is 3.71. The van der Waals surface area contributed by atoms with E-state index in [9.17, 15) is 9.59 Å². The average Bonchev–Trinajstić information content (AvgIpc) is 2.64. The maximum absolute atomic E-state index is 12.6. The molecule has 1 saturated heterocycles. The summed E-state index contributed by atoms with van der Waals surface area (Å²) in [6.45, 7) is 1.96. The SMILES string of the molecule is COc1ccccc1[C@H]1CN(C(=O)Cn2cccnc2=O)CCN1C. The van der Waals surface area contributed by atoms with E-state index in [-0.39, 0.29) is 18.5 Å². The van der Waals surface area contributed by atoms with Crippen molar-refractivity contribution < 1.29 is 9.53 Å². The van der Waals surface area contributed by atoms with Crippen LogP contribution in [0.25, 0.3) is 0 Å². The highest BCUT2D eigenvalue weighted by Crippen LogP contribution is 2.31. The van der Waals surface area contributed by atoms with Crippen LogP contribution in [0.2, 0.25) is 0 Å². The molecule has 0 radical (unpaired) electrons. The second-order valence-corrected chi connectivity index (χ2v) is 6.11. The first kappa shape index (κ1) is 17.2. The number of carbonyl (C=O) groups is 1. The van der Waals surface area contributed by atoms with Crippen molar-refractivity contribution in [2.45, 2.75) is 12.6 Å². The van der Waals surface area contributed by atoms with Crippen LogP contribution < -0.4 is 10.4 Å². The number of amides is 1. The maximum Gasteiger partial charge on any atom is 0.347 e. The van der Waals surface area contributed by atoms with Gasteiger partial charge in [-0.15, -0.1) is 0 Å². The van der Waals surface area contributed by atoms with Gasteiger partial charge in [-0.1, -0.05) is 18.2 Å². The first-order valence-electron chi connectivity index (χ1n) is 8.22. The largest absolute Gasteiger partial charge is 0.496 e. The van der Waals surface area contributed by atoms with E-state index in [2.05, 4.69) is 9.88 Å². The monoisotopic (exact) mass is 342 g/mol. The normalized spacial score (nSPS) is 18.2. The van der Waals surface area contributed by atoms with Gasteiger partial charge in [0.2, 0.25) is 5.91 Å². The molecule has 0 bridgehead atoms. The van der Waals surface area contributed by atoms with Gasteiger partial charge < -0.3 is 9.64 Å². The molecule has 1 fully saturated rings. The smallest absolute Gasteiger partial charge is 0.347 e. The van der Waals surface area contributed by atoms with Crippen LogP contribution >= 0.6 is 0 Å². The highest BCUT2D eigenvalue weighted by atomic mass is 16.5. The molecule has 7 nitrogen and oxygen atoms in total. The van der Waals surface area contributed by atoms with Gasteiger partial charge in [-0.05, 0) is 19.2 Å². The summed E-state index contributed by atoms with van der Waals surface area (Å²) >= 11 is 0. The molecule has 1 amide bonds. The molecule has 0 aliphatic carbocycles. The number of ether oxygens (including phenoxy) is 1. The third-order valence-corrected chi connectivity index (χ3v) is 4.59. The van der Waals surface area contributed by atoms with Crippen LogP contribution in [0, 0.1) is 0 Å². The van der Waals surface area contributed by atoms with Crippen molar-refractivity contribution in [2.24, 2.45) is 0 Å². The maximum atomic E-state index is 12.6. The van der Waals surface area contributed by atoms with Crippen molar-refractivity contribution in [1.29, 1.82) is 0 Å². The lowest BCUT2D eigenvalue weighted by atomic mass is 10.0. The van der Waals surface area contributed by atoms with Gasteiger partial charge in [0.05, 0.1) is 13.2 Å².